The SMILES string of the molecule is Cc1cc(O)c(O)c(-c2ccc(O)cc2)c1S(=O)(=O)c1c(C)cc(O)c(O)c1-c1ccc(O)cc1. The van der Waals surface area contributed by atoms with E-state index in [-0.39, 0.29) is 54.7 Å². The van der Waals surface area contributed by atoms with Crippen LogP contribution in [-0.4, -0.2) is 39.1 Å². The van der Waals surface area contributed by atoms with Gasteiger partial charge in [-0.3, -0.25) is 0 Å². The van der Waals surface area contributed by atoms with E-state index in [9.17, 15) is 39.1 Å². The lowest BCUT2D eigenvalue weighted by molar-refractivity contribution is 0.402. The Morgan fingerprint density at radius 2 is 0.857 bits per heavy atom. The van der Waals surface area contributed by atoms with Crippen molar-refractivity contribution in [3.05, 3.63) is 71.8 Å². The van der Waals surface area contributed by atoms with Crippen LogP contribution in [0, 0.1) is 13.8 Å². The molecule has 0 radical (unpaired) electrons. The molecule has 0 heterocycles. The van der Waals surface area contributed by atoms with Crippen molar-refractivity contribution in [2.75, 3.05) is 0 Å². The third-order valence-corrected chi connectivity index (χ3v) is 7.81. The van der Waals surface area contributed by atoms with E-state index in [1.165, 1.54) is 62.4 Å². The molecule has 0 fully saturated rings. The number of benzene rings is 4. The van der Waals surface area contributed by atoms with E-state index in [0.29, 0.717) is 0 Å². The summed E-state index contributed by atoms with van der Waals surface area (Å²) in [5, 5.41) is 61.3. The molecule has 6 N–H and O–H groups in total. The third kappa shape index (κ3) is 3.95. The lowest BCUT2D eigenvalue weighted by atomic mass is 10.0. The Morgan fingerprint density at radius 3 is 1.17 bits per heavy atom. The number of phenols is 6. The average molecular weight is 495 g/mol. The fourth-order valence-corrected chi connectivity index (χ4v) is 6.27. The van der Waals surface area contributed by atoms with Gasteiger partial charge in [0.25, 0.3) is 0 Å². The number of hydrogen-bond donors (Lipinski definition) is 6. The van der Waals surface area contributed by atoms with E-state index in [1.54, 1.807) is 0 Å². The number of aromatic hydroxyl groups is 6. The molecule has 0 saturated carbocycles. The van der Waals surface area contributed by atoms with Gasteiger partial charge in [-0.15, -0.1) is 0 Å². The smallest absolute Gasteiger partial charge is 0.208 e. The molecule has 0 aliphatic heterocycles. The minimum atomic E-state index is -4.52. The average Bonchev–Trinajstić information content (AvgIpc) is 2.79. The molecule has 0 atom stereocenters. The van der Waals surface area contributed by atoms with Gasteiger partial charge in [0.2, 0.25) is 9.84 Å². The van der Waals surface area contributed by atoms with Gasteiger partial charge >= 0.3 is 0 Å². The van der Waals surface area contributed by atoms with Crippen LogP contribution in [0.25, 0.3) is 22.3 Å². The molecule has 0 aliphatic carbocycles. The second-order valence-electron chi connectivity index (χ2n) is 8.13. The Hall–Kier alpha value is -4.37. The van der Waals surface area contributed by atoms with Crippen LogP contribution < -0.4 is 0 Å². The van der Waals surface area contributed by atoms with Gasteiger partial charge in [0, 0.05) is 11.1 Å². The van der Waals surface area contributed by atoms with E-state index < -0.39 is 32.8 Å². The fourth-order valence-electron chi connectivity index (χ4n) is 4.13. The molecule has 4 aromatic carbocycles. The first-order chi connectivity index (χ1) is 16.4. The molecule has 4 aromatic rings. The van der Waals surface area contributed by atoms with Crippen LogP contribution in [-0.2, 0) is 9.84 Å². The second-order valence-corrected chi connectivity index (χ2v) is 9.95. The molecule has 180 valence electrons. The van der Waals surface area contributed by atoms with Crippen LogP contribution in [0.2, 0.25) is 0 Å². The Labute approximate surface area is 201 Å². The maximum absolute atomic E-state index is 14.2. The first-order valence-electron chi connectivity index (χ1n) is 10.4. The van der Waals surface area contributed by atoms with Gasteiger partial charge < -0.3 is 30.6 Å². The van der Waals surface area contributed by atoms with E-state index in [4.69, 9.17) is 0 Å². The second kappa shape index (κ2) is 8.44. The summed E-state index contributed by atoms with van der Waals surface area (Å²) in [4.78, 5) is -0.654. The molecule has 0 bridgehead atoms. The molecule has 0 saturated heterocycles. The van der Waals surface area contributed by atoms with Crippen molar-refractivity contribution in [2.45, 2.75) is 23.6 Å². The minimum absolute atomic E-state index is 0.0801. The summed E-state index contributed by atoms with van der Waals surface area (Å²) in [7, 11) is -4.52. The maximum Gasteiger partial charge on any atom is 0.208 e. The van der Waals surface area contributed by atoms with E-state index in [2.05, 4.69) is 0 Å². The number of sulfone groups is 1. The Kier molecular flexibility index (Phi) is 5.74. The highest BCUT2D eigenvalue weighted by molar-refractivity contribution is 7.92. The Balaban J connectivity index is 2.13. The molecule has 4 rings (SSSR count). The van der Waals surface area contributed by atoms with Gasteiger partial charge in [-0.25, -0.2) is 8.42 Å². The predicted octanol–water partition coefficient (Wildman–Crippen LogP) is 4.70. The topological polar surface area (TPSA) is 156 Å². The monoisotopic (exact) mass is 494 g/mol. The normalized spacial score (nSPS) is 11.5. The van der Waals surface area contributed by atoms with Crippen molar-refractivity contribution in [1.29, 1.82) is 0 Å². The molecule has 35 heavy (non-hydrogen) atoms. The standard InChI is InChI=1S/C26H22O8S/c1-13-11-19(29)23(31)21(15-3-7-17(27)8-4-15)25(13)35(33,34)26-14(2)12-20(30)24(32)22(26)16-5-9-18(28)10-6-16/h3-12,27-32H,1-2H3. The fraction of sp³-hybridized carbons (Fsp3) is 0.0769. The Morgan fingerprint density at radius 1 is 0.543 bits per heavy atom. The molecule has 9 heteroatoms. The first-order valence-corrected chi connectivity index (χ1v) is 11.9. The molecule has 0 aromatic heterocycles. The van der Waals surface area contributed by atoms with Gasteiger partial charge in [-0.2, -0.15) is 0 Å². The van der Waals surface area contributed by atoms with E-state index in [1.807, 2.05) is 0 Å². The van der Waals surface area contributed by atoms with Crippen molar-refractivity contribution >= 4 is 9.84 Å². The zero-order valence-electron chi connectivity index (χ0n) is 18.7. The summed E-state index contributed by atoms with van der Waals surface area (Å²) >= 11 is 0. The number of aryl methyl sites for hydroxylation is 2. The molecule has 0 unspecified atom stereocenters. The molecule has 0 aliphatic rings. The van der Waals surface area contributed by atoms with Gasteiger partial charge in [0.05, 0.1) is 9.79 Å². The molecule has 0 amide bonds. The number of phenolic OH excluding ortho intramolecular Hbond substituents is 6. The van der Waals surface area contributed by atoms with Crippen LogP contribution >= 0.6 is 0 Å². The van der Waals surface area contributed by atoms with Gasteiger partial charge in [0.15, 0.2) is 23.0 Å². The van der Waals surface area contributed by atoms with Crippen molar-refractivity contribution in [3.63, 3.8) is 0 Å². The largest absolute Gasteiger partial charge is 0.508 e. The van der Waals surface area contributed by atoms with Crippen LogP contribution in [0.4, 0.5) is 0 Å². The molecule has 8 nitrogen and oxygen atoms in total. The van der Waals surface area contributed by atoms with Crippen LogP contribution in [0.3, 0.4) is 0 Å². The Bertz CT molecular complexity index is 1440. The first kappa shape index (κ1) is 23.8. The van der Waals surface area contributed by atoms with Crippen LogP contribution in [0.5, 0.6) is 34.5 Å². The van der Waals surface area contributed by atoms with Crippen molar-refractivity contribution in [2.24, 2.45) is 0 Å². The predicted molar refractivity (Wildman–Crippen MR) is 129 cm³/mol. The van der Waals surface area contributed by atoms with E-state index >= 15 is 0 Å². The van der Waals surface area contributed by atoms with Crippen molar-refractivity contribution in [3.8, 4) is 56.8 Å². The summed E-state index contributed by atoms with van der Waals surface area (Å²) in [6.07, 6.45) is 0. The number of hydrogen-bond acceptors (Lipinski definition) is 8. The molecular weight excluding hydrogens is 472 g/mol. The quantitative estimate of drug-likeness (QED) is 0.223. The summed E-state index contributed by atoms with van der Waals surface area (Å²) in [6.45, 7) is 2.90. The van der Waals surface area contributed by atoms with Gasteiger partial charge in [-0.05, 0) is 72.5 Å². The minimum Gasteiger partial charge on any atom is -0.508 e. The highest BCUT2D eigenvalue weighted by Gasteiger charge is 2.34. The lowest BCUT2D eigenvalue weighted by Crippen LogP contribution is -2.10. The van der Waals surface area contributed by atoms with Crippen LogP contribution in [0.15, 0.2) is 70.5 Å². The zero-order valence-corrected chi connectivity index (χ0v) is 19.5. The summed E-state index contributed by atoms with van der Waals surface area (Å²) in [5.74, 6) is -2.58. The van der Waals surface area contributed by atoms with Gasteiger partial charge in [0.1, 0.15) is 11.5 Å². The zero-order chi connectivity index (χ0) is 25.7. The summed E-state index contributed by atoms with van der Waals surface area (Å²) < 4.78 is 28.5. The summed E-state index contributed by atoms with van der Waals surface area (Å²) in [5.41, 5.74) is 0.283. The summed E-state index contributed by atoms with van der Waals surface area (Å²) in [6, 6.07) is 13.0. The molecular formula is C26H22O8S. The highest BCUT2D eigenvalue weighted by Crippen LogP contribution is 2.49. The van der Waals surface area contributed by atoms with Crippen LogP contribution in [0.1, 0.15) is 11.1 Å². The third-order valence-electron chi connectivity index (χ3n) is 5.69. The van der Waals surface area contributed by atoms with Crippen molar-refractivity contribution in [1.82, 2.24) is 0 Å². The lowest BCUT2D eigenvalue weighted by Gasteiger charge is -2.21. The van der Waals surface area contributed by atoms with Crippen molar-refractivity contribution < 1.29 is 39.1 Å². The number of rotatable bonds is 4. The molecule has 0 spiro atoms. The highest BCUT2D eigenvalue weighted by atomic mass is 32.2. The maximum atomic E-state index is 14.2. The van der Waals surface area contributed by atoms with E-state index in [0.717, 1.165) is 12.1 Å². The van der Waals surface area contributed by atoms with Gasteiger partial charge in [-0.1, -0.05) is 24.3 Å².